The molecule has 0 bridgehead atoms. The van der Waals surface area contributed by atoms with Crippen LogP contribution in [0.3, 0.4) is 0 Å². The molecule has 0 aromatic carbocycles. The number of hydrogen-bond acceptors (Lipinski definition) is 4. The average molecular weight is 282 g/mol. The SMILES string of the molecule is COCCNCC1(Cc2nc(C)c(C)s2)CCCC1. The third-order valence-electron chi connectivity index (χ3n) is 4.25. The minimum Gasteiger partial charge on any atom is -0.383 e. The molecular weight excluding hydrogens is 256 g/mol. The highest BCUT2D eigenvalue weighted by atomic mass is 32.1. The number of nitrogens with one attached hydrogen (secondary N) is 1. The van der Waals surface area contributed by atoms with E-state index in [-0.39, 0.29) is 0 Å². The van der Waals surface area contributed by atoms with Gasteiger partial charge in [0.2, 0.25) is 0 Å². The van der Waals surface area contributed by atoms with Crippen LogP contribution in [-0.4, -0.2) is 31.8 Å². The van der Waals surface area contributed by atoms with Crippen molar-refractivity contribution in [2.45, 2.75) is 46.0 Å². The van der Waals surface area contributed by atoms with Crippen molar-refractivity contribution >= 4 is 11.3 Å². The highest BCUT2D eigenvalue weighted by Gasteiger charge is 2.34. The molecule has 19 heavy (non-hydrogen) atoms. The first-order valence-electron chi connectivity index (χ1n) is 7.28. The number of hydrogen-bond donors (Lipinski definition) is 1. The van der Waals surface area contributed by atoms with Crippen LogP contribution in [0.1, 0.15) is 41.3 Å². The van der Waals surface area contributed by atoms with E-state index < -0.39 is 0 Å². The van der Waals surface area contributed by atoms with Gasteiger partial charge in [0.05, 0.1) is 17.3 Å². The van der Waals surface area contributed by atoms with Crippen molar-refractivity contribution in [2.75, 3.05) is 26.8 Å². The van der Waals surface area contributed by atoms with E-state index in [2.05, 4.69) is 19.2 Å². The van der Waals surface area contributed by atoms with Crippen molar-refractivity contribution in [2.24, 2.45) is 5.41 Å². The van der Waals surface area contributed by atoms with Crippen molar-refractivity contribution < 1.29 is 4.74 Å². The molecule has 1 aliphatic rings. The predicted molar refractivity (Wildman–Crippen MR) is 80.9 cm³/mol. The summed E-state index contributed by atoms with van der Waals surface area (Å²) < 4.78 is 5.10. The molecule has 0 radical (unpaired) electrons. The second-order valence-electron chi connectivity index (χ2n) is 5.80. The van der Waals surface area contributed by atoms with Crippen molar-refractivity contribution in [1.29, 1.82) is 0 Å². The molecule has 1 N–H and O–H groups in total. The summed E-state index contributed by atoms with van der Waals surface area (Å²) in [5.74, 6) is 0. The second-order valence-corrected chi connectivity index (χ2v) is 7.09. The van der Waals surface area contributed by atoms with Crippen LogP contribution in [0.2, 0.25) is 0 Å². The van der Waals surface area contributed by atoms with Gasteiger partial charge >= 0.3 is 0 Å². The van der Waals surface area contributed by atoms with Crippen LogP contribution in [0.25, 0.3) is 0 Å². The van der Waals surface area contributed by atoms with E-state index in [4.69, 9.17) is 9.72 Å². The zero-order chi connectivity index (χ0) is 13.7. The Hall–Kier alpha value is -0.450. The molecule has 4 heteroatoms. The summed E-state index contributed by atoms with van der Waals surface area (Å²) in [5, 5.41) is 4.89. The number of aryl methyl sites for hydroxylation is 2. The lowest BCUT2D eigenvalue weighted by atomic mass is 9.83. The van der Waals surface area contributed by atoms with Gasteiger partial charge in [0, 0.05) is 31.5 Å². The summed E-state index contributed by atoms with van der Waals surface area (Å²) >= 11 is 1.88. The summed E-state index contributed by atoms with van der Waals surface area (Å²) in [7, 11) is 1.76. The zero-order valence-electron chi connectivity index (χ0n) is 12.4. The molecule has 1 aromatic heterocycles. The van der Waals surface area contributed by atoms with Crippen LogP contribution in [0.4, 0.5) is 0 Å². The van der Waals surface area contributed by atoms with Gasteiger partial charge in [-0.2, -0.15) is 0 Å². The molecule has 1 saturated carbocycles. The summed E-state index contributed by atoms with van der Waals surface area (Å²) in [6, 6.07) is 0. The van der Waals surface area contributed by atoms with E-state index in [9.17, 15) is 0 Å². The quantitative estimate of drug-likeness (QED) is 0.780. The van der Waals surface area contributed by atoms with Crippen LogP contribution in [0, 0.1) is 19.3 Å². The second kappa shape index (κ2) is 6.82. The lowest BCUT2D eigenvalue weighted by molar-refractivity contribution is 0.189. The fourth-order valence-electron chi connectivity index (χ4n) is 3.00. The Balaban J connectivity index is 1.94. The summed E-state index contributed by atoms with van der Waals surface area (Å²) in [6.45, 7) is 7.15. The van der Waals surface area contributed by atoms with Crippen molar-refractivity contribution in [3.8, 4) is 0 Å². The Morgan fingerprint density at radius 2 is 2.05 bits per heavy atom. The Morgan fingerprint density at radius 1 is 1.32 bits per heavy atom. The monoisotopic (exact) mass is 282 g/mol. The van der Waals surface area contributed by atoms with Crippen LogP contribution >= 0.6 is 11.3 Å². The summed E-state index contributed by atoms with van der Waals surface area (Å²) in [4.78, 5) is 6.10. The molecule has 0 atom stereocenters. The van der Waals surface area contributed by atoms with Gasteiger partial charge in [-0.3, -0.25) is 0 Å². The van der Waals surface area contributed by atoms with Crippen LogP contribution in [-0.2, 0) is 11.2 Å². The molecule has 2 rings (SSSR count). The molecular formula is C15H26N2OS. The molecule has 108 valence electrons. The van der Waals surface area contributed by atoms with E-state index in [0.29, 0.717) is 5.41 Å². The first-order chi connectivity index (χ1) is 9.15. The highest BCUT2D eigenvalue weighted by molar-refractivity contribution is 7.11. The molecule has 0 spiro atoms. The lowest BCUT2D eigenvalue weighted by Crippen LogP contribution is -2.35. The van der Waals surface area contributed by atoms with E-state index >= 15 is 0 Å². The molecule has 3 nitrogen and oxygen atoms in total. The molecule has 1 fully saturated rings. The standard InChI is InChI=1S/C15H26N2OS/c1-12-13(2)19-14(17-12)10-15(6-4-5-7-15)11-16-8-9-18-3/h16H,4-11H2,1-3H3. The highest BCUT2D eigenvalue weighted by Crippen LogP contribution is 2.41. The number of ether oxygens (including phenoxy) is 1. The normalized spacial score (nSPS) is 18.1. The van der Waals surface area contributed by atoms with Gasteiger partial charge < -0.3 is 10.1 Å². The van der Waals surface area contributed by atoms with Crippen molar-refractivity contribution in [1.82, 2.24) is 10.3 Å². The predicted octanol–water partition coefficient (Wildman–Crippen LogP) is 3.10. The number of aromatic nitrogens is 1. The van der Waals surface area contributed by atoms with Gasteiger partial charge in [-0.1, -0.05) is 12.8 Å². The van der Waals surface area contributed by atoms with Gasteiger partial charge in [-0.25, -0.2) is 4.98 Å². The first-order valence-corrected chi connectivity index (χ1v) is 8.09. The molecule has 0 saturated heterocycles. The van der Waals surface area contributed by atoms with Gasteiger partial charge in [-0.05, 0) is 32.1 Å². The number of methoxy groups -OCH3 is 1. The lowest BCUT2D eigenvalue weighted by Gasteiger charge is -2.28. The zero-order valence-corrected chi connectivity index (χ0v) is 13.2. The molecule has 1 aromatic rings. The average Bonchev–Trinajstić information content (AvgIpc) is 2.94. The maximum Gasteiger partial charge on any atom is 0.0936 e. The van der Waals surface area contributed by atoms with Crippen LogP contribution in [0.15, 0.2) is 0 Å². The number of thiazole rings is 1. The first kappa shape index (κ1) is 14.9. The number of nitrogens with zero attached hydrogens (tertiary/aromatic N) is 1. The van der Waals surface area contributed by atoms with Gasteiger partial charge in [0.1, 0.15) is 0 Å². The van der Waals surface area contributed by atoms with Crippen LogP contribution < -0.4 is 5.32 Å². The Morgan fingerprint density at radius 3 is 2.63 bits per heavy atom. The molecule has 1 aliphatic carbocycles. The minimum absolute atomic E-state index is 0.435. The maximum atomic E-state index is 5.10. The topological polar surface area (TPSA) is 34.1 Å². The third-order valence-corrected chi connectivity index (χ3v) is 5.32. The summed E-state index contributed by atoms with van der Waals surface area (Å²) in [6.07, 6.45) is 6.56. The fraction of sp³-hybridized carbons (Fsp3) is 0.800. The minimum atomic E-state index is 0.435. The Labute approximate surface area is 120 Å². The largest absolute Gasteiger partial charge is 0.383 e. The van der Waals surface area contributed by atoms with E-state index in [1.54, 1.807) is 7.11 Å². The van der Waals surface area contributed by atoms with Crippen molar-refractivity contribution in [3.63, 3.8) is 0 Å². The molecule has 0 aliphatic heterocycles. The third kappa shape index (κ3) is 4.01. The van der Waals surface area contributed by atoms with Gasteiger partial charge in [-0.15, -0.1) is 11.3 Å². The summed E-state index contributed by atoms with van der Waals surface area (Å²) in [5.41, 5.74) is 1.64. The Kier molecular flexibility index (Phi) is 5.37. The van der Waals surface area contributed by atoms with E-state index in [1.165, 1.54) is 41.3 Å². The van der Waals surface area contributed by atoms with Crippen molar-refractivity contribution in [3.05, 3.63) is 15.6 Å². The van der Waals surface area contributed by atoms with Crippen LogP contribution in [0.5, 0.6) is 0 Å². The van der Waals surface area contributed by atoms with Gasteiger partial charge in [0.15, 0.2) is 0 Å². The molecule has 0 unspecified atom stereocenters. The fourth-order valence-corrected chi connectivity index (χ4v) is 4.11. The van der Waals surface area contributed by atoms with E-state index in [0.717, 1.165) is 26.1 Å². The number of rotatable bonds is 7. The Bertz CT molecular complexity index is 377. The maximum absolute atomic E-state index is 5.10. The molecule has 1 heterocycles. The van der Waals surface area contributed by atoms with E-state index in [1.807, 2.05) is 11.3 Å². The smallest absolute Gasteiger partial charge is 0.0936 e. The molecule has 0 amide bonds. The van der Waals surface area contributed by atoms with Gasteiger partial charge in [0.25, 0.3) is 0 Å².